The first-order valence-corrected chi connectivity index (χ1v) is 14.5. The molecule has 3 rings (SSSR count). The number of hydrogen-bond acceptors (Lipinski definition) is 9. The van der Waals surface area contributed by atoms with Gasteiger partial charge in [-0.1, -0.05) is 6.92 Å². The number of nitrogens with one attached hydrogen (secondary N) is 3. The average Bonchev–Trinajstić information content (AvgIpc) is 3.56. The number of carboxylic acid groups (broad SMARTS) is 2. The van der Waals surface area contributed by atoms with Crippen LogP contribution in [0.4, 0.5) is 32.0 Å². The number of aromatic nitrogens is 2. The van der Waals surface area contributed by atoms with Crippen LogP contribution in [0, 0.1) is 6.92 Å². The summed E-state index contributed by atoms with van der Waals surface area (Å²) < 4.78 is 74.3. The molecular weight excluding hydrogens is 678 g/mol. The largest absolute Gasteiger partial charge is 0.497 e. The Morgan fingerprint density at radius 2 is 1.46 bits per heavy atom. The summed E-state index contributed by atoms with van der Waals surface area (Å²) in [6, 6.07) is 7.48. The molecule has 3 aromatic rings. The molecule has 0 saturated carbocycles. The van der Waals surface area contributed by atoms with E-state index in [0.29, 0.717) is 42.0 Å². The lowest BCUT2D eigenvalue weighted by Gasteiger charge is -2.19. The normalized spacial score (nSPS) is 11.2. The van der Waals surface area contributed by atoms with Crippen LogP contribution in [-0.4, -0.2) is 69.1 Å². The molecule has 0 spiro atoms. The Kier molecular flexibility index (Phi) is 14.9. The molecule has 0 aliphatic heterocycles. The van der Waals surface area contributed by atoms with Gasteiger partial charge >= 0.3 is 30.3 Å². The van der Waals surface area contributed by atoms with Crippen molar-refractivity contribution in [2.45, 2.75) is 72.1 Å². The SMILES string of the molecule is CCc1c(C(=O)OC(C)(C)C)[nH]c(CNc2ccc(OC)cc2)c1C(=O)NCc1csc(C)n1.O=C(O)C(F)(F)F.O=C(O)C(F)(F)F. The molecule has 0 saturated heterocycles. The quantitative estimate of drug-likeness (QED) is 0.128. The van der Waals surface area contributed by atoms with Crippen molar-refractivity contribution in [1.82, 2.24) is 15.3 Å². The van der Waals surface area contributed by atoms with Crippen LogP contribution in [0.2, 0.25) is 0 Å². The fourth-order valence-electron chi connectivity index (χ4n) is 3.51. The minimum Gasteiger partial charge on any atom is -0.497 e. The number of amides is 1. The molecule has 5 N–H and O–H groups in total. The second kappa shape index (κ2) is 17.4. The average molecular weight is 713 g/mol. The number of aryl methyl sites for hydroxylation is 1. The second-order valence-corrected chi connectivity index (χ2v) is 11.5. The van der Waals surface area contributed by atoms with E-state index in [9.17, 15) is 35.9 Å². The topological polar surface area (TPSA) is 180 Å². The Hall–Kier alpha value is -4.81. The molecule has 1 amide bonds. The van der Waals surface area contributed by atoms with Gasteiger partial charge in [-0.15, -0.1) is 11.3 Å². The van der Waals surface area contributed by atoms with E-state index >= 15 is 0 Å². The number of carbonyl (C=O) groups excluding carboxylic acids is 2. The number of benzene rings is 1. The van der Waals surface area contributed by atoms with Crippen molar-refractivity contribution < 1.29 is 65.2 Å². The van der Waals surface area contributed by atoms with Crippen molar-refractivity contribution in [3.8, 4) is 5.75 Å². The first-order valence-electron chi connectivity index (χ1n) is 13.6. The number of anilines is 1. The number of methoxy groups -OCH3 is 1. The summed E-state index contributed by atoms with van der Waals surface area (Å²) in [6.45, 7) is 9.91. The number of rotatable bonds is 9. The lowest BCUT2D eigenvalue weighted by Crippen LogP contribution is -2.26. The highest BCUT2D eigenvalue weighted by atomic mass is 32.1. The fourth-order valence-corrected chi connectivity index (χ4v) is 4.12. The first kappa shape index (κ1) is 41.2. The number of carboxylic acids is 2. The molecule has 0 aliphatic carbocycles. The highest BCUT2D eigenvalue weighted by Gasteiger charge is 2.39. The van der Waals surface area contributed by atoms with Crippen molar-refractivity contribution in [2.75, 3.05) is 12.4 Å². The smallest absolute Gasteiger partial charge is 0.490 e. The van der Waals surface area contributed by atoms with Crippen molar-refractivity contribution in [3.63, 3.8) is 0 Å². The standard InChI is InChI=1S/C25H32N4O4S.2C2HF3O2/c1-7-19-21(23(30)27-12-17-14-34-15(2)28-17)20(29-22(19)24(31)33-25(3,4)5)13-26-16-8-10-18(32-6)11-9-16;2*3-2(4,5)1(6)7/h8-11,14,26,29H,7,12-13H2,1-6H3,(H,27,30);2*(H,6,7). The molecule has 19 heteroatoms. The summed E-state index contributed by atoms with van der Waals surface area (Å²) in [7, 11) is 1.61. The maximum atomic E-state index is 13.3. The minimum atomic E-state index is -5.08. The summed E-state index contributed by atoms with van der Waals surface area (Å²) in [5, 5.41) is 23.4. The van der Waals surface area contributed by atoms with Crippen LogP contribution in [0.25, 0.3) is 0 Å². The molecule has 1 aromatic carbocycles. The van der Waals surface area contributed by atoms with E-state index in [0.717, 1.165) is 22.1 Å². The van der Waals surface area contributed by atoms with Gasteiger partial charge in [-0.3, -0.25) is 4.79 Å². The monoisotopic (exact) mass is 712 g/mol. The van der Waals surface area contributed by atoms with Crippen LogP contribution < -0.4 is 15.4 Å². The van der Waals surface area contributed by atoms with Gasteiger partial charge in [0.1, 0.15) is 17.0 Å². The number of halogens is 6. The van der Waals surface area contributed by atoms with Gasteiger partial charge < -0.3 is 35.3 Å². The van der Waals surface area contributed by atoms with Crippen LogP contribution in [-0.2, 0) is 33.8 Å². The fraction of sp³-hybridized carbons (Fsp3) is 0.414. The number of aromatic amines is 1. The first-order chi connectivity index (χ1) is 22.0. The van der Waals surface area contributed by atoms with Crippen LogP contribution in [0.15, 0.2) is 29.6 Å². The number of esters is 1. The van der Waals surface area contributed by atoms with Gasteiger partial charge in [0.15, 0.2) is 0 Å². The Morgan fingerprint density at radius 1 is 0.938 bits per heavy atom. The van der Waals surface area contributed by atoms with E-state index in [1.54, 1.807) is 7.11 Å². The highest BCUT2D eigenvalue weighted by Crippen LogP contribution is 2.25. The number of H-pyrrole nitrogens is 1. The third-order valence-corrected chi connectivity index (χ3v) is 6.33. The number of ether oxygens (including phenoxy) is 2. The Labute approximate surface area is 274 Å². The van der Waals surface area contributed by atoms with Crippen LogP contribution in [0.3, 0.4) is 0 Å². The predicted octanol–water partition coefficient (Wildman–Crippen LogP) is 6.11. The number of alkyl halides is 6. The highest BCUT2D eigenvalue weighted by molar-refractivity contribution is 7.09. The number of hydrogen-bond donors (Lipinski definition) is 5. The van der Waals surface area contributed by atoms with Crippen molar-refractivity contribution in [3.05, 3.63) is 62.9 Å². The number of nitrogens with zero attached hydrogens (tertiary/aromatic N) is 1. The minimum absolute atomic E-state index is 0.264. The molecule has 2 aromatic heterocycles. The van der Waals surface area contributed by atoms with E-state index in [1.165, 1.54) is 11.3 Å². The van der Waals surface area contributed by atoms with Gasteiger partial charge in [-0.2, -0.15) is 26.3 Å². The van der Waals surface area contributed by atoms with Crippen molar-refractivity contribution in [1.29, 1.82) is 0 Å². The zero-order valence-corrected chi connectivity index (χ0v) is 27.3. The van der Waals surface area contributed by atoms with E-state index < -0.39 is 35.9 Å². The maximum Gasteiger partial charge on any atom is 0.490 e. The van der Waals surface area contributed by atoms with E-state index in [-0.39, 0.29) is 5.91 Å². The van der Waals surface area contributed by atoms with Crippen molar-refractivity contribution >= 4 is 40.8 Å². The Morgan fingerprint density at radius 3 is 1.85 bits per heavy atom. The summed E-state index contributed by atoms with van der Waals surface area (Å²) in [5.74, 6) is -5.51. The van der Waals surface area contributed by atoms with Crippen LogP contribution >= 0.6 is 11.3 Å². The second-order valence-electron chi connectivity index (χ2n) is 10.4. The summed E-state index contributed by atoms with van der Waals surface area (Å²) in [4.78, 5) is 51.6. The molecule has 0 aliphatic rings. The summed E-state index contributed by atoms with van der Waals surface area (Å²) in [5.41, 5.74) is 3.01. The number of aliphatic carboxylic acids is 2. The third kappa shape index (κ3) is 13.9. The number of thiazole rings is 1. The molecular formula is C29H34F6N4O8S. The van der Waals surface area contributed by atoms with E-state index in [1.807, 2.05) is 64.3 Å². The van der Waals surface area contributed by atoms with Gasteiger partial charge in [-0.25, -0.2) is 19.4 Å². The molecule has 266 valence electrons. The van der Waals surface area contributed by atoms with E-state index in [2.05, 4.69) is 20.6 Å². The predicted molar refractivity (Wildman–Crippen MR) is 161 cm³/mol. The summed E-state index contributed by atoms with van der Waals surface area (Å²) in [6.07, 6.45) is -9.67. The third-order valence-electron chi connectivity index (χ3n) is 5.51. The lowest BCUT2D eigenvalue weighted by atomic mass is 10.0. The van der Waals surface area contributed by atoms with Crippen LogP contribution in [0.5, 0.6) is 5.75 Å². The number of carbonyl (C=O) groups is 4. The lowest BCUT2D eigenvalue weighted by molar-refractivity contribution is -0.193. The van der Waals surface area contributed by atoms with Crippen molar-refractivity contribution in [2.24, 2.45) is 0 Å². The van der Waals surface area contributed by atoms with E-state index in [4.69, 9.17) is 29.3 Å². The molecule has 0 unspecified atom stereocenters. The van der Waals surface area contributed by atoms with Gasteiger partial charge in [0, 0.05) is 16.8 Å². The van der Waals surface area contributed by atoms with Gasteiger partial charge in [0.05, 0.1) is 36.5 Å². The maximum absolute atomic E-state index is 13.3. The van der Waals surface area contributed by atoms with Crippen LogP contribution in [0.1, 0.15) is 70.5 Å². The molecule has 12 nitrogen and oxygen atoms in total. The Bertz CT molecular complexity index is 1520. The zero-order chi connectivity index (χ0) is 37.0. The molecule has 0 bridgehead atoms. The Balaban J connectivity index is 0.000000687. The van der Waals surface area contributed by atoms with Gasteiger partial charge in [-0.05, 0) is 63.9 Å². The molecule has 0 fully saturated rings. The zero-order valence-electron chi connectivity index (χ0n) is 26.5. The molecule has 48 heavy (non-hydrogen) atoms. The molecule has 2 heterocycles. The molecule has 0 radical (unpaired) electrons. The van der Waals surface area contributed by atoms with Gasteiger partial charge in [0.2, 0.25) is 0 Å². The van der Waals surface area contributed by atoms with Gasteiger partial charge in [0.25, 0.3) is 5.91 Å². The molecule has 0 atom stereocenters. The summed E-state index contributed by atoms with van der Waals surface area (Å²) >= 11 is 1.54.